The standard InChI is InChI=1S/C9H9OSi/c11-10-9-6-5-7-3-1-2-4-8(7)9/h1-6H,11H3. The lowest BCUT2D eigenvalue weighted by atomic mass is 10.1. The van der Waals surface area contributed by atoms with Crippen molar-refractivity contribution in [3.8, 4) is 0 Å². The summed E-state index contributed by atoms with van der Waals surface area (Å²) in [6, 6.07) is 8.26. The topological polar surface area (TPSA) is 9.23 Å². The lowest BCUT2D eigenvalue weighted by Crippen LogP contribution is -1.96. The van der Waals surface area contributed by atoms with E-state index >= 15 is 0 Å². The third-order valence-electron chi connectivity index (χ3n) is 1.86. The summed E-state index contributed by atoms with van der Waals surface area (Å²) in [5.74, 6) is 0. The van der Waals surface area contributed by atoms with Crippen LogP contribution >= 0.6 is 0 Å². The molecule has 11 heavy (non-hydrogen) atoms. The van der Waals surface area contributed by atoms with Crippen LogP contribution in [0.4, 0.5) is 0 Å². The van der Waals surface area contributed by atoms with Crippen molar-refractivity contribution in [3.05, 3.63) is 47.6 Å². The Morgan fingerprint density at radius 2 is 1.91 bits per heavy atom. The molecule has 1 radical (unpaired) electrons. The van der Waals surface area contributed by atoms with Crippen molar-refractivity contribution in [2.24, 2.45) is 0 Å². The van der Waals surface area contributed by atoms with Gasteiger partial charge in [0.25, 0.3) is 0 Å². The van der Waals surface area contributed by atoms with E-state index in [1.54, 1.807) is 0 Å². The molecule has 0 bridgehead atoms. The van der Waals surface area contributed by atoms with Crippen LogP contribution in [0.5, 0.6) is 0 Å². The summed E-state index contributed by atoms with van der Waals surface area (Å²) in [7, 11) is 0.762. The van der Waals surface area contributed by atoms with E-state index in [4.69, 9.17) is 4.43 Å². The first-order valence-electron chi connectivity index (χ1n) is 3.60. The predicted octanol–water partition coefficient (Wildman–Crippen LogP) is 0.890. The van der Waals surface area contributed by atoms with E-state index in [-0.39, 0.29) is 0 Å². The molecule has 0 fully saturated rings. The van der Waals surface area contributed by atoms with Gasteiger partial charge in [-0.3, -0.25) is 0 Å². The smallest absolute Gasteiger partial charge is 0.147 e. The molecule has 0 N–H and O–H groups in total. The Hall–Kier alpha value is -0.863. The molecule has 1 nitrogen and oxygen atoms in total. The van der Waals surface area contributed by atoms with E-state index < -0.39 is 0 Å². The number of hydrogen-bond acceptors (Lipinski definition) is 1. The first-order chi connectivity index (χ1) is 5.42. The molecule has 1 aliphatic rings. The van der Waals surface area contributed by atoms with Gasteiger partial charge in [-0.15, -0.1) is 0 Å². The molecule has 55 valence electrons. The zero-order chi connectivity index (χ0) is 7.68. The zero-order valence-corrected chi connectivity index (χ0v) is 8.37. The quantitative estimate of drug-likeness (QED) is 0.556. The lowest BCUT2D eigenvalue weighted by Gasteiger charge is -2.06. The van der Waals surface area contributed by atoms with Crippen LogP contribution in [0.25, 0.3) is 6.08 Å². The summed E-state index contributed by atoms with van der Waals surface area (Å²) < 4.78 is 5.31. The van der Waals surface area contributed by atoms with Gasteiger partial charge in [-0.25, -0.2) is 0 Å². The molecule has 2 rings (SSSR count). The van der Waals surface area contributed by atoms with Crippen molar-refractivity contribution < 1.29 is 4.43 Å². The van der Waals surface area contributed by atoms with Gasteiger partial charge in [0.05, 0.1) is 0 Å². The molecule has 0 aromatic heterocycles. The average Bonchev–Trinajstić information content (AvgIpc) is 2.47. The van der Waals surface area contributed by atoms with Crippen molar-refractivity contribution in [1.29, 1.82) is 0 Å². The molecule has 1 aromatic rings. The lowest BCUT2D eigenvalue weighted by molar-refractivity contribution is 0.423. The van der Waals surface area contributed by atoms with Gasteiger partial charge in [0.1, 0.15) is 16.6 Å². The summed E-state index contributed by atoms with van der Waals surface area (Å²) in [4.78, 5) is 0. The Kier molecular flexibility index (Phi) is 1.64. The Morgan fingerprint density at radius 3 is 2.73 bits per heavy atom. The molecule has 0 atom stereocenters. The molecule has 0 spiro atoms. The van der Waals surface area contributed by atoms with Crippen molar-refractivity contribution in [3.63, 3.8) is 0 Å². The Morgan fingerprint density at radius 1 is 1.09 bits per heavy atom. The fraction of sp³-hybridized carbons (Fsp3) is 0. The summed E-state index contributed by atoms with van der Waals surface area (Å²) in [6.45, 7) is 0. The van der Waals surface area contributed by atoms with Gasteiger partial charge >= 0.3 is 0 Å². The van der Waals surface area contributed by atoms with Crippen LogP contribution < -0.4 is 0 Å². The molecule has 0 saturated heterocycles. The van der Waals surface area contributed by atoms with E-state index in [2.05, 4.69) is 18.2 Å². The SMILES string of the molecule is [SiH3]O[C]1C=Cc2ccccc21. The van der Waals surface area contributed by atoms with Gasteiger partial charge in [0.15, 0.2) is 0 Å². The Labute approximate surface area is 69.2 Å². The first kappa shape index (κ1) is 6.82. The minimum Gasteiger partial charge on any atom is -0.412 e. The third-order valence-corrected chi connectivity index (χ3v) is 2.30. The van der Waals surface area contributed by atoms with Crippen LogP contribution in [-0.2, 0) is 4.43 Å². The maximum absolute atomic E-state index is 5.31. The fourth-order valence-corrected chi connectivity index (χ4v) is 1.66. The Balaban J connectivity index is 2.46. The summed E-state index contributed by atoms with van der Waals surface area (Å²) in [5, 5.41) is 0. The van der Waals surface area contributed by atoms with Gasteiger partial charge in [-0.05, 0) is 17.2 Å². The van der Waals surface area contributed by atoms with Crippen LogP contribution in [0.1, 0.15) is 11.1 Å². The van der Waals surface area contributed by atoms with E-state index in [1.807, 2.05) is 18.2 Å². The molecule has 2 heteroatoms. The number of benzene rings is 1. The molecule has 0 amide bonds. The Bertz CT molecular complexity index is 293. The molecule has 0 unspecified atom stereocenters. The molecular formula is C9H9OSi. The largest absolute Gasteiger partial charge is 0.412 e. The van der Waals surface area contributed by atoms with Crippen molar-refractivity contribution in [2.75, 3.05) is 0 Å². The second kappa shape index (κ2) is 2.64. The molecule has 0 heterocycles. The molecule has 1 aromatic carbocycles. The minimum absolute atomic E-state index is 0.762. The van der Waals surface area contributed by atoms with Gasteiger partial charge in [0.2, 0.25) is 0 Å². The number of rotatable bonds is 1. The monoisotopic (exact) mass is 161 g/mol. The zero-order valence-electron chi connectivity index (χ0n) is 6.37. The summed E-state index contributed by atoms with van der Waals surface area (Å²) in [5.41, 5.74) is 2.49. The third kappa shape index (κ3) is 1.04. The highest BCUT2D eigenvalue weighted by molar-refractivity contribution is 5.99. The van der Waals surface area contributed by atoms with Crippen LogP contribution in [0, 0.1) is 6.10 Å². The number of fused-ring (bicyclic) bond motifs is 1. The number of hydrogen-bond donors (Lipinski definition) is 0. The van der Waals surface area contributed by atoms with Gasteiger partial charge in [-0.2, -0.15) is 0 Å². The van der Waals surface area contributed by atoms with E-state index in [0.29, 0.717) is 0 Å². The second-order valence-electron chi connectivity index (χ2n) is 2.49. The molecule has 0 saturated carbocycles. The van der Waals surface area contributed by atoms with E-state index in [1.165, 1.54) is 11.1 Å². The van der Waals surface area contributed by atoms with Crippen molar-refractivity contribution in [2.45, 2.75) is 0 Å². The average molecular weight is 161 g/mol. The first-order valence-corrected chi connectivity index (χ1v) is 4.42. The van der Waals surface area contributed by atoms with E-state index in [9.17, 15) is 0 Å². The van der Waals surface area contributed by atoms with Crippen LogP contribution in [-0.4, -0.2) is 10.5 Å². The highest BCUT2D eigenvalue weighted by Crippen LogP contribution is 2.28. The van der Waals surface area contributed by atoms with E-state index in [0.717, 1.165) is 16.6 Å². The molecule has 1 aliphatic carbocycles. The minimum atomic E-state index is 0.762. The normalized spacial score (nSPS) is 15.6. The maximum Gasteiger partial charge on any atom is 0.147 e. The van der Waals surface area contributed by atoms with Crippen molar-refractivity contribution in [1.82, 2.24) is 0 Å². The second-order valence-corrected chi connectivity index (χ2v) is 2.90. The fourth-order valence-electron chi connectivity index (χ4n) is 1.30. The van der Waals surface area contributed by atoms with Crippen LogP contribution in [0.2, 0.25) is 0 Å². The summed E-state index contributed by atoms with van der Waals surface area (Å²) >= 11 is 0. The van der Waals surface area contributed by atoms with Gasteiger partial charge in [-0.1, -0.05) is 30.3 Å². The predicted molar refractivity (Wildman–Crippen MR) is 48.8 cm³/mol. The van der Waals surface area contributed by atoms with Crippen molar-refractivity contribution >= 4 is 16.6 Å². The maximum atomic E-state index is 5.31. The molecular weight excluding hydrogens is 152 g/mol. The highest BCUT2D eigenvalue weighted by atomic mass is 28.2. The van der Waals surface area contributed by atoms with Crippen LogP contribution in [0.3, 0.4) is 0 Å². The van der Waals surface area contributed by atoms with Gasteiger partial charge in [0, 0.05) is 0 Å². The molecule has 0 aliphatic heterocycles. The van der Waals surface area contributed by atoms with Gasteiger partial charge < -0.3 is 4.43 Å². The van der Waals surface area contributed by atoms with Crippen LogP contribution in [0.15, 0.2) is 30.3 Å². The summed E-state index contributed by atoms with van der Waals surface area (Å²) in [6.07, 6.45) is 5.13. The highest BCUT2D eigenvalue weighted by Gasteiger charge is 2.15.